The molecule has 1 aliphatic heterocycles. The lowest BCUT2D eigenvalue weighted by Crippen LogP contribution is -2.44. The summed E-state index contributed by atoms with van der Waals surface area (Å²) in [7, 11) is 2.27. The standard InChI is InChI=1S/C36H48N10O4/c1-4-47-15-16-49-35-33(22-46(43-35)31-12-10-30(11-13-31)44(3)32-7-5-6-14-48-23-32)42-36-39-19-29(20-40-36)27-8-9-28(18-37)34(17-27)50-26(2)21-45-25-38-24-41-45/h8-9,17,19-20,22,24-26,30-32H,4-7,10-16,21,23H2,1-3H3,(H,39,40,42)/t26-,30-,31-,32+/m0/s1. The molecule has 0 spiro atoms. The van der Waals surface area contributed by atoms with Crippen molar-refractivity contribution in [2.75, 3.05) is 45.4 Å². The lowest BCUT2D eigenvalue weighted by molar-refractivity contribution is 0.0499. The van der Waals surface area contributed by atoms with E-state index in [-0.39, 0.29) is 12.1 Å². The first kappa shape index (κ1) is 35.3. The molecule has 0 radical (unpaired) electrons. The van der Waals surface area contributed by atoms with Gasteiger partial charge in [0.15, 0.2) is 0 Å². The number of hydrogen-bond donors (Lipinski definition) is 1. The lowest BCUT2D eigenvalue weighted by Gasteiger charge is -2.38. The van der Waals surface area contributed by atoms with Gasteiger partial charge in [-0.05, 0) is 83.5 Å². The van der Waals surface area contributed by atoms with E-state index < -0.39 is 0 Å². The van der Waals surface area contributed by atoms with Gasteiger partial charge in [-0.3, -0.25) is 9.58 Å². The van der Waals surface area contributed by atoms with Gasteiger partial charge in [-0.15, -0.1) is 5.10 Å². The molecule has 1 N–H and O–H groups in total. The molecule has 4 aromatic rings. The summed E-state index contributed by atoms with van der Waals surface area (Å²) in [4.78, 5) is 15.8. The van der Waals surface area contributed by atoms with E-state index in [2.05, 4.69) is 43.4 Å². The maximum atomic E-state index is 9.68. The fourth-order valence-corrected chi connectivity index (χ4v) is 6.73. The summed E-state index contributed by atoms with van der Waals surface area (Å²) in [6, 6.07) is 9.01. The van der Waals surface area contributed by atoms with Gasteiger partial charge in [0.2, 0.25) is 5.95 Å². The monoisotopic (exact) mass is 684 g/mol. The van der Waals surface area contributed by atoms with Crippen LogP contribution in [0.5, 0.6) is 11.6 Å². The molecule has 50 heavy (non-hydrogen) atoms. The topological polar surface area (TPSA) is 150 Å². The Morgan fingerprint density at radius 3 is 2.68 bits per heavy atom. The Kier molecular flexibility index (Phi) is 12.3. The van der Waals surface area contributed by atoms with Crippen molar-refractivity contribution < 1.29 is 18.9 Å². The summed E-state index contributed by atoms with van der Waals surface area (Å²) >= 11 is 0. The van der Waals surface area contributed by atoms with Gasteiger partial charge in [-0.1, -0.05) is 6.07 Å². The Labute approximate surface area is 293 Å². The van der Waals surface area contributed by atoms with Crippen molar-refractivity contribution >= 4 is 11.6 Å². The van der Waals surface area contributed by atoms with Gasteiger partial charge in [0.25, 0.3) is 5.88 Å². The highest BCUT2D eigenvalue weighted by Crippen LogP contribution is 2.35. The van der Waals surface area contributed by atoms with Gasteiger partial charge >= 0.3 is 0 Å². The van der Waals surface area contributed by atoms with Crippen LogP contribution in [0.25, 0.3) is 11.1 Å². The molecule has 0 bridgehead atoms. The normalized spacial score (nSPS) is 20.2. The summed E-state index contributed by atoms with van der Waals surface area (Å²) < 4.78 is 27.3. The Hall–Kier alpha value is -4.58. The smallest absolute Gasteiger partial charge is 0.257 e. The summed E-state index contributed by atoms with van der Waals surface area (Å²) in [5, 5.41) is 22.0. The van der Waals surface area contributed by atoms with E-state index >= 15 is 0 Å². The average molecular weight is 685 g/mol. The molecule has 4 heterocycles. The minimum Gasteiger partial charge on any atom is -0.487 e. The third-order valence-electron chi connectivity index (χ3n) is 9.52. The fraction of sp³-hybridized carbons (Fsp3) is 0.556. The van der Waals surface area contributed by atoms with Crippen molar-refractivity contribution in [3.05, 3.63) is 55.0 Å². The molecule has 1 saturated heterocycles. The van der Waals surface area contributed by atoms with Gasteiger partial charge in [0.1, 0.15) is 42.9 Å². The average Bonchev–Trinajstić information content (AvgIpc) is 3.71. The number of rotatable bonds is 15. The number of hydrogen-bond acceptors (Lipinski definition) is 12. The molecule has 1 aromatic carbocycles. The van der Waals surface area contributed by atoms with E-state index in [9.17, 15) is 5.26 Å². The molecule has 2 atom stereocenters. The fourth-order valence-electron chi connectivity index (χ4n) is 6.73. The quantitative estimate of drug-likeness (QED) is 0.159. The molecule has 266 valence electrons. The third-order valence-corrected chi connectivity index (χ3v) is 9.52. The van der Waals surface area contributed by atoms with Gasteiger partial charge in [-0.25, -0.2) is 19.6 Å². The highest BCUT2D eigenvalue weighted by molar-refractivity contribution is 5.67. The second-order valence-electron chi connectivity index (χ2n) is 13.0. The first-order chi connectivity index (χ1) is 24.5. The van der Waals surface area contributed by atoms with E-state index in [4.69, 9.17) is 24.0 Å². The molecule has 1 saturated carbocycles. The van der Waals surface area contributed by atoms with Crippen LogP contribution in [0.4, 0.5) is 11.6 Å². The molecule has 1 aliphatic carbocycles. The van der Waals surface area contributed by atoms with Crippen LogP contribution in [0.3, 0.4) is 0 Å². The highest BCUT2D eigenvalue weighted by atomic mass is 16.5. The zero-order chi connectivity index (χ0) is 34.7. The Balaban J connectivity index is 1.12. The van der Waals surface area contributed by atoms with E-state index in [1.54, 1.807) is 29.5 Å². The van der Waals surface area contributed by atoms with Crippen molar-refractivity contribution in [1.29, 1.82) is 5.26 Å². The number of likely N-dealkylation sites (N-methyl/N-ethyl adjacent to an activating group) is 1. The Morgan fingerprint density at radius 2 is 1.92 bits per heavy atom. The number of nitriles is 1. The maximum absolute atomic E-state index is 9.68. The SMILES string of the molecule is CCOCCOc1nn([C@H]2CC[C@H](N(C)[C@@H]3CCCCOC3)CC2)cc1Nc1ncc(-c2ccc(C#N)c(O[C@@H](C)Cn3cncn3)c2)cn1. The second-order valence-corrected chi connectivity index (χ2v) is 13.0. The first-order valence-corrected chi connectivity index (χ1v) is 17.7. The molecule has 14 nitrogen and oxygen atoms in total. The molecule has 0 unspecified atom stereocenters. The minimum atomic E-state index is -0.231. The molecule has 3 aromatic heterocycles. The highest BCUT2D eigenvalue weighted by Gasteiger charge is 2.30. The van der Waals surface area contributed by atoms with Crippen LogP contribution in [0.15, 0.2) is 49.4 Å². The van der Waals surface area contributed by atoms with Crippen LogP contribution in [0.2, 0.25) is 0 Å². The molecule has 0 amide bonds. The van der Waals surface area contributed by atoms with Crippen molar-refractivity contribution in [3.8, 4) is 28.8 Å². The van der Waals surface area contributed by atoms with Crippen LogP contribution in [0.1, 0.15) is 70.4 Å². The molecule has 2 fully saturated rings. The number of nitrogens with zero attached hydrogens (tertiary/aromatic N) is 9. The largest absolute Gasteiger partial charge is 0.487 e. The van der Waals surface area contributed by atoms with Crippen LogP contribution in [0, 0.1) is 11.3 Å². The van der Waals surface area contributed by atoms with Crippen molar-refractivity contribution in [3.63, 3.8) is 0 Å². The predicted octanol–water partition coefficient (Wildman–Crippen LogP) is 5.41. The lowest BCUT2D eigenvalue weighted by atomic mass is 9.89. The molecular formula is C36H48N10O4. The molecule has 2 aliphatic rings. The summed E-state index contributed by atoms with van der Waals surface area (Å²) in [6.45, 7) is 7.61. The second kappa shape index (κ2) is 17.4. The number of nitrogens with one attached hydrogen (secondary N) is 1. The zero-order valence-electron chi connectivity index (χ0n) is 29.3. The van der Waals surface area contributed by atoms with Gasteiger partial charge < -0.3 is 24.3 Å². The van der Waals surface area contributed by atoms with Gasteiger partial charge in [0.05, 0.1) is 37.6 Å². The number of aromatic nitrogens is 7. The number of anilines is 2. The predicted molar refractivity (Wildman–Crippen MR) is 187 cm³/mol. The van der Waals surface area contributed by atoms with Crippen LogP contribution >= 0.6 is 0 Å². The van der Waals surface area contributed by atoms with E-state index in [1.807, 2.05) is 36.9 Å². The molecule has 6 rings (SSSR count). The van der Waals surface area contributed by atoms with Crippen molar-refractivity contribution in [2.24, 2.45) is 0 Å². The van der Waals surface area contributed by atoms with Gasteiger partial charge in [-0.2, -0.15) is 10.4 Å². The minimum absolute atomic E-state index is 0.231. The third kappa shape index (κ3) is 9.15. The summed E-state index contributed by atoms with van der Waals surface area (Å²) in [5.74, 6) is 1.41. The van der Waals surface area contributed by atoms with Crippen LogP contribution in [-0.4, -0.2) is 97.7 Å². The number of benzene rings is 1. The van der Waals surface area contributed by atoms with Crippen LogP contribution in [-0.2, 0) is 16.0 Å². The van der Waals surface area contributed by atoms with E-state index in [0.29, 0.717) is 67.3 Å². The van der Waals surface area contributed by atoms with Crippen molar-refractivity contribution in [2.45, 2.75) is 89.6 Å². The van der Waals surface area contributed by atoms with E-state index in [0.717, 1.165) is 56.4 Å². The molecular weight excluding hydrogens is 636 g/mol. The van der Waals surface area contributed by atoms with Crippen LogP contribution < -0.4 is 14.8 Å². The van der Waals surface area contributed by atoms with E-state index in [1.165, 1.54) is 19.2 Å². The summed E-state index contributed by atoms with van der Waals surface area (Å²) in [6.07, 6.45) is 16.3. The van der Waals surface area contributed by atoms with Gasteiger partial charge in [0, 0.05) is 43.3 Å². The Bertz CT molecular complexity index is 1660. The maximum Gasteiger partial charge on any atom is 0.257 e. The Morgan fingerprint density at radius 1 is 1.08 bits per heavy atom. The summed E-state index contributed by atoms with van der Waals surface area (Å²) in [5.41, 5.74) is 2.77. The van der Waals surface area contributed by atoms with Crippen molar-refractivity contribution in [1.82, 2.24) is 39.4 Å². The molecule has 14 heteroatoms. The first-order valence-electron chi connectivity index (χ1n) is 17.7. The zero-order valence-corrected chi connectivity index (χ0v) is 29.3. The number of ether oxygens (including phenoxy) is 4.